The van der Waals surface area contributed by atoms with E-state index in [0.717, 1.165) is 11.3 Å². The molecule has 20 heavy (non-hydrogen) atoms. The van der Waals surface area contributed by atoms with Crippen molar-refractivity contribution >= 4 is 17.7 Å². The molecule has 0 aliphatic carbocycles. The summed E-state index contributed by atoms with van der Waals surface area (Å²) in [4.78, 5) is 25.8. The molecule has 0 saturated heterocycles. The van der Waals surface area contributed by atoms with Crippen LogP contribution in [0.15, 0.2) is 24.3 Å². The highest BCUT2D eigenvalue weighted by Gasteiger charge is 2.32. The summed E-state index contributed by atoms with van der Waals surface area (Å²) < 4.78 is 5.37. The maximum Gasteiger partial charge on any atom is 0.411 e. The van der Waals surface area contributed by atoms with Crippen molar-refractivity contribution in [1.29, 1.82) is 0 Å². The third-order valence-electron chi connectivity index (χ3n) is 3.09. The van der Waals surface area contributed by atoms with Gasteiger partial charge >= 0.3 is 6.09 Å². The summed E-state index contributed by atoms with van der Waals surface area (Å²) in [6, 6.07) is 6.89. The van der Waals surface area contributed by atoms with Gasteiger partial charge in [0.1, 0.15) is 11.6 Å². The molecule has 1 aromatic rings. The standard InChI is InChI=1S/C15H20N2O3/c1-10-13(18)16-12-8-6-5-7-11(12)9-17(10)14(19)20-15(2,3)4/h5-8,10H,9H2,1-4H3,(H,16,18). The van der Waals surface area contributed by atoms with Crippen LogP contribution in [0.3, 0.4) is 0 Å². The fraction of sp³-hybridized carbons (Fsp3) is 0.467. The summed E-state index contributed by atoms with van der Waals surface area (Å²) in [5, 5.41) is 2.83. The van der Waals surface area contributed by atoms with E-state index < -0.39 is 17.7 Å². The smallest absolute Gasteiger partial charge is 0.411 e. The van der Waals surface area contributed by atoms with E-state index in [1.807, 2.05) is 24.3 Å². The third kappa shape index (κ3) is 3.10. The van der Waals surface area contributed by atoms with Crippen LogP contribution in [0.2, 0.25) is 0 Å². The molecule has 1 aliphatic rings. The Morgan fingerprint density at radius 2 is 2.00 bits per heavy atom. The second-order valence-electron chi connectivity index (χ2n) is 5.93. The Morgan fingerprint density at radius 1 is 1.35 bits per heavy atom. The Morgan fingerprint density at radius 3 is 2.65 bits per heavy atom. The maximum atomic E-state index is 12.3. The van der Waals surface area contributed by atoms with Gasteiger partial charge in [0.25, 0.3) is 0 Å². The molecular weight excluding hydrogens is 256 g/mol. The minimum absolute atomic E-state index is 0.208. The highest BCUT2D eigenvalue weighted by molar-refractivity contribution is 5.97. The van der Waals surface area contributed by atoms with Crippen LogP contribution in [-0.4, -0.2) is 28.5 Å². The Labute approximate surface area is 118 Å². The van der Waals surface area contributed by atoms with Gasteiger partial charge in [0.15, 0.2) is 0 Å². The lowest BCUT2D eigenvalue weighted by atomic mass is 10.1. The molecular formula is C15H20N2O3. The first kappa shape index (κ1) is 14.4. The minimum atomic E-state index is -0.584. The van der Waals surface area contributed by atoms with Crippen LogP contribution in [0.1, 0.15) is 33.3 Å². The molecule has 0 fully saturated rings. The van der Waals surface area contributed by atoms with E-state index in [1.165, 1.54) is 4.90 Å². The van der Waals surface area contributed by atoms with Gasteiger partial charge in [-0.2, -0.15) is 0 Å². The zero-order valence-electron chi connectivity index (χ0n) is 12.3. The monoisotopic (exact) mass is 276 g/mol. The normalized spacial score (nSPS) is 18.9. The molecule has 0 saturated carbocycles. The molecule has 1 aromatic carbocycles. The van der Waals surface area contributed by atoms with E-state index in [-0.39, 0.29) is 5.91 Å². The molecule has 1 atom stereocenters. The first-order valence-electron chi connectivity index (χ1n) is 6.66. The molecule has 5 nitrogen and oxygen atoms in total. The van der Waals surface area contributed by atoms with Crippen LogP contribution in [-0.2, 0) is 16.1 Å². The number of hydrogen-bond donors (Lipinski definition) is 1. The first-order chi connectivity index (χ1) is 9.28. The first-order valence-corrected chi connectivity index (χ1v) is 6.66. The summed E-state index contributed by atoms with van der Waals surface area (Å²) >= 11 is 0. The zero-order chi connectivity index (χ0) is 14.9. The number of para-hydroxylation sites is 1. The number of carbonyl (C=O) groups is 2. The molecule has 0 radical (unpaired) electrons. The predicted octanol–water partition coefficient (Wildman–Crippen LogP) is 2.76. The molecule has 0 aromatic heterocycles. The molecule has 2 rings (SSSR count). The number of hydrogen-bond acceptors (Lipinski definition) is 3. The Kier molecular flexibility index (Phi) is 3.70. The van der Waals surface area contributed by atoms with Crippen LogP contribution >= 0.6 is 0 Å². The summed E-state index contributed by atoms with van der Waals surface area (Å²) in [5.41, 5.74) is 1.06. The molecule has 1 heterocycles. The van der Waals surface area contributed by atoms with Crippen LogP contribution < -0.4 is 5.32 Å². The van der Waals surface area contributed by atoms with E-state index in [9.17, 15) is 9.59 Å². The van der Waals surface area contributed by atoms with Crippen LogP contribution in [0.5, 0.6) is 0 Å². The van der Waals surface area contributed by atoms with Gasteiger partial charge in [0.2, 0.25) is 5.91 Å². The van der Waals surface area contributed by atoms with Crippen molar-refractivity contribution in [1.82, 2.24) is 4.90 Å². The van der Waals surface area contributed by atoms with Gasteiger partial charge in [0.05, 0.1) is 6.54 Å². The fourth-order valence-electron chi connectivity index (χ4n) is 2.02. The SMILES string of the molecule is CC1C(=O)Nc2ccccc2CN1C(=O)OC(C)(C)C. The van der Waals surface area contributed by atoms with E-state index in [2.05, 4.69) is 5.32 Å². The second-order valence-corrected chi connectivity index (χ2v) is 5.93. The van der Waals surface area contributed by atoms with E-state index in [1.54, 1.807) is 27.7 Å². The van der Waals surface area contributed by atoms with E-state index in [4.69, 9.17) is 4.74 Å². The predicted molar refractivity (Wildman–Crippen MR) is 76.3 cm³/mol. The number of rotatable bonds is 0. The number of nitrogens with one attached hydrogen (secondary N) is 1. The highest BCUT2D eigenvalue weighted by Crippen LogP contribution is 2.24. The molecule has 1 N–H and O–H groups in total. The van der Waals surface area contributed by atoms with Gasteiger partial charge in [0, 0.05) is 5.69 Å². The van der Waals surface area contributed by atoms with Crippen molar-refractivity contribution in [2.24, 2.45) is 0 Å². The van der Waals surface area contributed by atoms with Crippen LogP contribution in [0, 0.1) is 0 Å². The summed E-state index contributed by atoms with van der Waals surface area (Å²) in [6.45, 7) is 7.47. The number of fused-ring (bicyclic) bond motifs is 1. The molecule has 5 heteroatoms. The largest absolute Gasteiger partial charge is 0.444 e. The topological polar surface area (TPSA) is 58.6 Å². The number of amides is 2. The Balaban J connectivity index is 2.29. The number of benzene rings is 1. The molecule has 2 amide bonds. The maximum absolute atomic E-state index is 12.3. The minimum Gasteiger partial charge on any atom is -0.444 e. The van der Waals surface area contributed by atoms with Gasteiger partial charge < -0.3 is 10.1 Å². The van der Waals surface area contributed by atoms with Crippen molar-refractivity contribution in [2.75, 3.05) is 5.32 Å². The molecule has 1 aliphatic heterocycles. The lowest BCUT2D eigenvalue weighted by Gasteiger charge is -2.29. The summed E-state index contributed by atoms with van der Waals surface area (Å²) in [7, 11) is 0. The Hall–Kier alpha value is -2.04. The molecule has 108 valence electrons. The lowest BCUT2D eigenvalue weighted by Crippen LogP contribution is -2.45. The van der Waals surface area contributed by atoms with Crippen molar-refractivity contribution in [2.45, 2.75) is 45.9 Å². The van der Waals surface area contributed by atoms with Crippen molar-refractivity contribution in [3.8, 4) is 0 Å². The molecule has 0 bridgehead atoms. The summed E-state index contributed by atoms with van der Waals surface area (Å²) in [6.07, 6.45) is -0.475. The highest BCUT2D eigenvalue weighted by atomic mass is 16.6. The molecule has 0 spiro atoms. The number of nitrogens with zero attached hydrogens (tertiary/aromatic N) is 1. The third-order valence-corrected chi connectivity index (χ3v) is 3.09. The van der Waals surface area contributed by atoms with Gasteiger partial charge in [-0.3, -0.25) is 9.69 Å². The van der Waals surface area contributed by atoms with Gasteiger partial charge in [-0.1, -0.05) is 18.2 Å². The quantitative estimate of drug-likeness (QED) is 0.792. The number of carbonyl (C=O) groups excluding carboxylic acids is 2. The Bertz CT molecular complexity index is 534. The molecule has 1 unspecified atom stereocenters. The van der Waals surface area contributed by atoms with Crippen LogP contribution in [0.4, 0.5) is 10.5 Å². The zero-order valence-corrected chi connectivity index (χ0v) is 12.3. The number of anilines is 1. The van der Waals surface area contributed by atoms with Gasteiger partial charge in [-0.25, -0.2) is 4.79 Å². The second kappa shape index (κ2) is 5.15. The fourth-order valence-corrected chi connectivity index (χ4v) is 2.02. The van der Waals surface area contributed by atoms with E-state index >= 15 is 0 Å². The van der Waals surface area contributed by atoms with Crippen molar-refractivity contribution in [3.63, 3.8) is 0 Å². The lowest BCUT2D eigenvalue weighted by molar-refractivity contribution is -0.120. The average molecular weight is 276 g/mol. The number of ether oxygens (including phenoxy) is 1. The average Bonchev–Trinajstić information content (AvgIpc) is 2.46. The van der Waals surface area contributed by atoms with Crippen molar-refractivity contribution < 1.29 is 14.3 Å². The van der Waals surface area contributed by atoms with Crippen LogP contribution in [0.25, 0.3) is 0 Å². The van der Waals surface area contributed by atoms with E-state index in [0.29, 0.717) is 6.54 Å². The van der Waals surface area contributed by atoms with Gasteiger partial charge in [-0.15, -0.1) is 0 Å². The van der Waals surface area contributed by atoms with Crippen molar-refractivity contribution in [3.05, 3.63) is 29.8 Å². The summed E-state index contributed by atoms with van der Waals surface area (Å²) in [5.74, 6) is -0.208. The van der Waals surface area contributed by atoms with Gasteiger partial charge in [-0.05, 0) is 39.3 Å².